The fraction of sp³-hybridized carbons (Fsp3) is 0.429. The van der Waals surface area contributed by atoms with E-state index >= 15 is 0 Å². The zero-order chi connectivity index (χ0) is 6.85. The summed E-state index contributed by atoms with van der Waals surface area (Å²) in [5.41, 5.74) is 0. The Morgan fingerprint density at radius 2 is 1.73 bits per heavy atom. The van der Waals surface area contributed by atoms with Gasteiger partial charge in [0.2, 0.25) is 0 Å². The van der Waals surface area contributed by atoms with Crippen LogP contribution in [0, 0.1) is 6.92 Å². The third kappa shape index (κ3) is 3.54. The number of nitrogens with zero attached hydrogens (tertiary/aromatic N) is 1. The van der Waals surface area contributed by atoms with Gasteiger partial charge in [-0.25, -0.2) is 0 Å². The maximum absolute atomic E-state index is 5.27. The van der Waals surface area contributed by atoms with Crippen molar-refractivity contribution in [3.63, 3.8) is 0 Å². The van der Waals surface area contributed by atoms with Crippen LogP contribution in [0.4, 0.5) is 5.88 Å². The zero-order valence-electron chi connectivity index (χ0n) is 6.83. The van der Waals surface area contributed by atoms with Gasteiger partial charge >= 0.3 is 0 Å². The number of rotatable bonds is 1. The van der Waals surface area contributed by atoms with Crippen molar-refractivity contribution < 1.29 is 4.42 Å². The van der Waals surface area contributed by atoms with Crippen LogP contribution in [-0.2, 0) is 0 Å². The average Bonchev–Trinajstić information content (AvgIpc) is 2.14. The molecule has 0 unspecified atom stereocenters. The Morgan fingerprint density at radius 3 is 1.91 bits per heavy atom. The minimum atomic E-state index is 0. The average molecular weight is 198 g/mol. The van der Waals surface area contributed by atoms with E-state index in [1.165, 1.54) is 0 Å². The van der Waals surface area contributed by atoms with Crippen molar-refractivity contribution in [2.24, 2.45) is 0 Å². The molecule has 2 nitrogen and oxygen atoms in total. The first-order chi connectivity index (χ1) is 4.20. The van der Waals surface area contributed by atoms with Crippen LogP contribution in [0.15, 0.2) is 16.5 Å². The van der Waals surface area contributed by atoms with E-state index in [-0.39, 0.29) is 24.8 Å². The molecular formula is C7H13Cl2NO. The maximum atomic E-state index is 5.27. The molecule has 0 fully saturated rings. The summed E-state index contributed by atoms with van der Waals surface area (Å²) in [5.74, 6) is 1.87. The predicted molar refractivity (Wildman–Crippen MR) is 52.3 cm³/mol. The summed E-state index contributed by atoms with van der Waals surface area (Å²) in [7, 11) is 3.91. The smallest absolute Gasteiger partial charge is 0.195 e. The van der Waals surface area contributed by atoms with Crippen LogP contribution >= 0.6 is 24.8 Å². The lowest BCUT2D eigenvalue weighted by Crippen LogP contribution is -2.06. The second-order valence-electron chi connectivity index (χ2n) is 2.28. The number of furan rings is 1. The summed E-state index contributed by atoms with van der Waals surface area (Å²) in [4.78, 5) is 1.94. The Morgan fingerprint density at radius 1 is 1.18 bits per heavy atom. The van der Waals surface area contributed by atoms with Gasteiger partial charge in [0.25, 0.3) is 0 Å². The van der Waals surface area contributed by atoms with E-state index in [9.17, 15) is 0 Å². The van der Waals surface area contributed by atoms with E-state index in [2.05, 4.69) is 0 Å². The minimum absolute atomic E-state index is 0. The van der Waals surface area contributed by atoms with Gasteiger partial charge < -0.3 is 9.32 Å². The van der Waals surface area contributed by atoms with E-state index in [1.54, 1.807) is 0 Å². The number of hydrogen-bond donors (Lipinski definition) is 0. The second-order valence-corrected chi connectivity index (χ2v) is 2.28. The first-order valence-electron chi connectivity index (χ1n) is 2.94. The third-order valence-electron chi connectivity index (χ3n) is 1.17. The van der Waals surface area contributed by atoms with E-state index < -0.39 is 0 Å². The van der Waals surface area contributed by atoms with Crippen molar-refractivity contribution in [1.29, 1.82) is 0 Å². The molecule has 0 atom stereocenters. The Kier molecular flexibility index (Phi) is 6.43. The van der Waals surface area contributed by atoms with Gasteiger partial charge in [-0.05, 0) is 13.0 Å². The third-order valence-corrected chi connectivity index (χ3v) is 1.17. The molecule has 0 N–H and O–H groups in total. The van der Waals surface area contributed by atoms with Crippen molar-refractivity contribution >= 4 is 30.7 Å². The molecule has 66 valence electrons. The quantitative estimate of drug-likeness (QED) is 0.689. The van der Waals surface area contributed by atoms with Crippen LogP contribution in [0.2, 0.25) is 0 Å². The summed E-state index contributed by atoms with van der Waals surface area (Å²) in [6.07, 6.45) is 0. The van der Waals surface area contributed by atoms with Gasteiger partial charge in [0.1, 0.15) is 5.76 Å². The molecule has 11 heavy (non-hydrogen) atoms. The highest BCUT2D eigenvalue weighted by atomic mass is 35.5. The summed E-state index contributed by atoms with van der Waals surface area (Å²) < 4.78 is 5.27. The molecule has 0 amide bonds. The Balaban J connectivity index is 0. The van der Waals surface area contributed by atoms with E-state index in [4.69, 9.17) is 4.42 Å². The Labute approximate surface area is 79.4 Å². The number of hydrogen-bond acceptors (Lipinski definition) is 2. The lowest BCUT2D eigenvalue weighted by atomic mass is 10.5. The van der Waals surface area contributed by atoms with Crippen molar-refractivity contribution in [3.8, 4) is 0 Å². The number of halogens is 2. The topological polar surface area (TPSA) is 16.4 Å². The second kappa shape index (κ2) is 5.33. The monoisotopic (exact) mass is 197 g/mol. The van der Waals surface area contributed by atoms with Crippen LogP contribution in [-0.4, -0.2) is 14.1 Å². The first kappa shape index (κ1) is 13.3. The van der Waals surface area contributed by atoms with Gasteiger partial charge in [-0.3, -0.25) is 0 Å². The predicted octanol–water partition coefficient (Wildman–Crippen LogP) is 2.50. The molecule has 0 aliphatic carbocycles. The number of aryl methyl sites for hydroxylation is 1. The van der Waals surface area contributed by atoms with Crippen molar-refractivity contribution in [3.05, 3.63) is 17.9 Å². The van der Waals surface area contributed by atoms with Crippen LogP contribution < -0.4 is 4.90 Å². The Hall–Kier alpha value is -0.340. The molecule has 4 heteroatoms. The maximum Gasteiger partial charge on any atom is 0.195 e. The van der Waals surface area contributed by atoms with Gasteiger partial charge in [0, 0.05) is 20.2 Å². The molecule has 0 radical (unpaired) electrons. The van der Waals surface area contributed by atoms with E-state index in [0.717, 1.165) is 11.6 Å². The highest BCUT2D eigenvalue weighted by Gasteiger charge is 1.97. The minimum Gasteiger partial charge on any atom is -0.446 e. The molecule has 1 aromatic rings. The van der Waals surface area contributed by atoms with Crippen LogP contribution in [0.1, 0.15) is 5.76 Å². The summed E-state index contributed by atoms with van der Waals surface area (Å²) >= 11 is 0. The standard InChI is InChI=1S/C7H11NO.2ClH/c1-6-4-5-7(9-6)8(2)3;;/h4-5H,1-3H3;2*1H. The molecule has 1 rings (SSSR count). The molecule has 1 aromatic heterocycles. The highest BCUT2D eigenvalue weighted by molar-refractivity contribution is 5.85. The number of anilines is 1. The largest absolute Gasteiger partial charge is 0.446 e. The van der Waals surface area contributed by atoms with Gasteiger partial charge in [-0.1, -0.05) is 0 Å². The lowest BCUT2D eigenvalue weighted by Gasteiger charge is -2.05. The molecule has 0 aliphatic heterocycles. The summed E-state index contributed by atoms with van der Waals surface area (Å²) in [6, 6.07) is 3.91. The van der Waals surface area contributed by atoms with Crippen LogP contribution in [0.25, 0.3) is 0 Å². The van der Waals surface area contributed by atoms with Crippen molar-refractivity contribution in [2.75, 3.05) is 19.0 Å². The van der Waals surface area contributed by atoms with Gasteiger partial charge in [-0.2, -0.15) is 0 Å². The normalized spacial score (nSPS) is 7.91. The fourth-order valence-electron chi connectivity index (χ4n) is 0.662. The molecule has 0 bridgehead atoms. The van der Waals surface area contributed by atoms with Crippen molar-refractivity contribution in [2.45, 2.75) is 6.92 Å². The van der Waals surface area contributed by atoms with Crippen LogP contribution in [0.3, 0.4) is 0 Å². The molecule has 0 spiro atoms. The Bertz CT molecular complexity index is 198. The molecule has 0 saturated heterocycles. The molecule has 1 heterocycles. The fourth-order valence-corrected chi connectivity index (χ4v) is 0.662. The van der Waals surface area contributed by atoms with E-state index in [0.29, 0.717) is 0 Å². The molecular weight excluding hydrogens is 185 g/mol. The SMILES string of the molecule is Cc1ccc(N(C)C)o1.Cl.Cl. The van der Waals surface area contributed by atoms with Gasteiger partial charge in [0.15, 0.2) is 5.88 Å². The van der Waals surface area contributed by atoms with E-state index in [1.807, 2.05) is 38.1 Å². The van der Waals surface area contributed by atoms with Crippen molar-refractivity contribution in [1.82, 2.24) is 0 Å². The van der Waals surface area contributed by atoms with Gasteiger partial charge in [0.05, 0.1) is 0 Å². The molecule has 0 aliphatic rings. The van der Waals surface area contributed by atoms with Crippen LogP contribution in [0.5, 0.6) is 0 Å². The highest BCUT2D eigenvalue weighted by Crippen LogP contribution is 2.13. The lowest BCUT2D eigenvalue weighted by molar-refractivity contribution is 0.534. The first-order valence-corrected chi connectivity index (χ1v) is 2.94. The summed E-state index contributed by atoms with van der Waals surface area (Å²) in [6.45, 7) is 1.94. The molecule has 0 saturated carbocycles. The summed E-state index contributed by atoms with van der Waals surface area (Å²) in [5, 5.41) is 0. The van der Waals surface area contributed by atoms with Gasteiger partial charge in [-0.15, -0.1) is 24.8 Å². The zero-order valence-corrected chi connectivity index (χ0v) is 8.46. The molecule has 0 aromatic carbocycles.